The second-order valence-corrected chi connectivity index (χ2v) is 2.20. The van der Waals surface area contributed by atoms with Crippen molar-refractivity contribution in [3.05, 3.63) is 0 Å². The molecular weight excluding hydrogens is 192 g/mol. The van der Waals surface area contributed by atoms with Crippen LogP contribution in [-0.2, 0) is 14.4 Å². The third kappa shape index (κ3) is 10.5. The topological polar surface area (TPSA) is 130 Å². The van der Waals surface area contributed by atoms with Crippen molar-refractivity contribution in [2.75, 3.05) is 13.7 Å². The van der Waals surface area contributed by atoms with E-state index in [-0.39, 0.29) is 13.0 Å². The van der Waals surface area contributed by atoms with E-state index in [4.69, 9.17) is 20.7 Å². The number of aliphatic hydroxyl groups is 1. The number of aliphatic hydroxyl groups excluding tert-OH is 1. The van der Waals surface area contributed by atoms with E-state index in [9.17, 15) is 9.59 Å². The van der Waals surface area contributed by atoms with Crippen molar-refractivity contribution < 1.29 is 24.6 Å². The van der Waals surface area contributed by atoms with Gasteiger partial charge in [0.05, 0.1) is 13.0 Å². The predicted octanol–water partition coefficient (Wildman–Crippen LogP) is -2.29. The zero-order valence-electron chi connectivity index (χ0n) is 7.77. The standard InChI is InChI=1S/C5H10N2O3.C2H4O2/c1-7-3(5(9)10)2-4(6)8;3-1-2-4/h3,7H,2H2,1H3,(H2,6,8)(H,9,10);1,4H,2H2. The zero-order valence-corrected chi connectivity index (χ0v) is 7.77. The van der Waals surface area contributed by atoms with Gasteiger partial charge in [-0.15, -0.1) is 0 Å². The number of rotatable bonds is 5. The van der Waals surface area contributed by atoms with E-state index in [0.29, 0.717) is 6.29 Å². The number of nitrogens with two attached hydrogens (primary N) is 1. The predicted molar refractivity (Wildman–Crippen MR) is 47.4 cm³/mol. The molecule has 0 aliphatic carbocycles. The van der Waals surface area contributed by atoms with E-state index in [1.54, 1.807) is 0 Å². The molecule has 0 radical (unpaired) electrons. The molecule has 7 heteroatoms. The molecule has 0 bridgehead atoms. The second-order valence-electron chi connectivity index (χ2n) is 2.20. The highest BCUT2D eigenvalue weighted by Gasteiger charge is 2.16. The van der Waals surface area contributed by atoms with Crippen LogP contribution in [0.5, 0.6) is 0 Å². The molecule has 0 rings (SSSR count). The zero-order chi connectivity index (χ0) is 11.6. The molecule has 0 aromatic heterocycles. The van der Waals surface area contributed by atoms with Gasteiger partial charge in [-0.2, -0.15) is 0 Å². The number of nitrogens with one attached hydrogen (secondary N) is 1. The monoisotopic (exact) mass is 206 g/mol. The number of carboxylic acids is 1. The first kappa shape index (κ1) is 15.0. The normalized spacial score (nSPS) is 10.7. The molecule has 0 aliphatic rings. The summed E-state index contributed by atoms with van der Waals surface area (Å²) in [6, 6.07) is -0.863. The Labute approximate surface area is 80.9 Å². The molecule has 5 N–H and O–H groups in total. The number of carbonyl (C=O) groups is 3. The number of carboxylic acid groups (broad SMARTS) is 1. The van der Waals surface area contributed by atoms with E-state index in [2.05, 4.69) is 5.32 Å². The Balaban J connectivity index is 0. The molecule has 0 saturated heterocycles. The van der Waals surface area contributed by atoms with Crippen molar-refractivity contribution >= 4 is 18.2 Å². The number of hydrogen-bond donors (Lipinski definition) is 4. The molecule has 7 nitrogen and oxygen atoms in total. The molecule has 1 amide bonds. The first-order chi connectivity index (χ1) is 6.49. The maximum atomic E-state index is 10.2. The number of amides is 1. The quantitative estimate of drug-likeness (QED) is 0.375. The summed E-state index contributed by atoms with van der Waals surface area (Å²) in [7, 11) is 1.46. The summed E-state index contributed by atoms with van der Waals surface area (Å²) >= 11 is 0. The van der Waals surface area contributed by atoms with Crippen molar-refractivity contribution in [1.82, 2.24) is 5.32 Å². The van der Waals surface area contributed by atoms with Gasteiger partial charge < -0.3 is 26.1 Å². The van der Waals surface area contributed by atoms with E-state index >= 15 is 0 Å². The maximum absolute atomic E-state index is 10.2. The first-order valence-electron chi connectivity index (χ1n) is 3.72. The molecule has 14 heavy (non-hydrogen) atoms. The van der Waals surface area contributed by atoms with Crippen LogP contribution in [0.2, 0.25) is 0 Å². The minimum Gasteiger partial charge on any atom is -0.480 e. The van der Waals surface area contributed by atoms with Gasteiger partial charge in [0.25, 0.3) is 0 Å². The minimum absolute atomic E-state index is 0.175. The summed E-state index contributed by atoms with van der Waals surface area (Å²) in [5.74, 6) is -1.69. The van der Waals surface area contributed by atoms with Crippen molar-refractivity contribution in [2.45, 2.75) is 12.5 Å². The van der Waals surface area contributed by atoms with Crippen LogP contribution < -0.4 is 11.1 Å². The van der Waals surface area contributed by atoms with Gasteiger partial charge in [-0.25, -0.2) is 0 Å². The Morgan fingerprint density at radius 3 is 2.07 bits per heavy atom. The SMILES string of the molecule is CNC(CC(N)=O)C(=O)O.O=CCO. The number of primary amides is 1. The molecule has 0 aliphatic heterocycles. The van der Waals surface area contributed by atoms with Crippen molar-refractivity contribution in [3.63, 3.8) is 0 Å². The fraction of sp³-hybridized carbons (Fsp3) is 0.571. The number of carbonyl (C=O) groups excluding carboxylic acids is 2. The average molecular weight is 206 g/mol. The van der Waals surface area contributed by atoms with Gasteiger partial charge in [-0.1, -0.05) is 0 Å². The van der Waals surface area contributed by atoms with Crippen molar-refractivity contribution in [3.8, 4) is 0 Å². The number of hydrogen-bond acceptors (Lipinski definition) is 5. The van der Waals surface area contributed by atoms with Gasteiger partial charge in [0.15, 0.2) is 0 Å². The fourth-order valence-electron chi connectivity index (χ4n) is 0.514. The highest BCUT2D eigenvalue weighted by atomic mass is 16.4. The highest BCUT2D eigenvalue weighted by Crippen LogP contribution is 1.88. The number of aliphatic carboxylic acids is 1. The van der Waals surface area contributed by atoms with Crippen molar-refractivity contribution in [1.29, 1.82) is 0 Å². The maximum Gasteiger partial charge on any atom is 0.321 e. The lowest BCUT2D eigenvalue weighted by molar-refractivity contribution is -0.141. The van der Waals surface area contributed by atoms with E-state index < -0.39 is 17.9 Å². The Hall–Kier alpha value is -1.47. The summed E-state index contributed by atoms with van der Waals surface area (Å²) in [6.07, 6.45) is 0.256. The molecule has 0 fully saturated rings. The summed E-state index contributed by atoms with van der Waals surface area (Å²) in [5.41, 5.74) is 4.76. The average Bonchev–Trinajstić information content (AvgIpc) is 2.14. The molecule has 1 unspecified atom stereocenters. The van der Waals surface area contributed by atoms with Crippen LogP contribution in [0.3, 0.4) is 0 Å². The van der Waals surface area contributed by atoms with E-state index in [0.717, 1.165) is 0 Å². The Morgan fingerprint density at radius 1 is 1.57 bits per heavy atom. The van der Waals surface area contributed by atoms with Crippen LogP contribution in [0.15, 0.2) is 0 Å². The van der Waals surface area contributed by atoms with Crippen LogP contribution in [0, 0.1) is 0 Å². The molecule has 1 atom stereocenters. The lowest BCUT2D eigenvalue weighted by Crippen LogP contribution is -2.37. The van der Waals surface area contributed by atoms with Gasteiger partial charge >= 0.3 is 5.97 Å². The summed E-state index contributed by atoms with van der Waals surface area (Å²) < 4.78 is 0. The summed E-state index contributed by atoms with van der Waals surface area (Å²) in [6.45, 7) is -0.361. The van der Waals surface area contributed by atoms with Gasteiger partial charge in [-0.05, 0) is 7.05 Å². The van der Waals surface area contributed by atoms with Gasteiger partial charge in [0, 0.05) is 0 Å². The fourth-order valence-corrected chi connectivity index (χ4v) is 0.514. The Bertz CT molecular complexity index is 195. The Kier molecular flexibility index (Phi) is 10.3. The highest BCUT2D eigenvalue weighted by molar-refractivity contribution is 5.83. The van der Waals surface area contributed by atoms with Crippen LogP contribution in [0.25, 0.3) is 0 Å². The third-order valence-electron chi connectivity index (χ3n) is 1.13. The molecule has 82 valence electrons. The summed E-state index contributed by atoms with van der Waals surface area (Å²) in [5, 5.41) is 18.3. The lowest BCUT2D eigenvalue weighted by atomic mass is 10.2. The van der Waals surface area contributed by atoms with Gasteiger partial charge in [0.1, 0.15) is 12.3 Å². The molecular formula is C7H14N2O5. The molecule has 0 aromatic carbocycles. The number of likely N-dealkylation sites (N-methyl/N-ethyl adjacent to an activating group) is 1. The van der Waals surface area contributed by atoms with Crippen LogP contribution in [0.1, 0.15) is 6.42 Å². The third-order valence-corrected chi connectivity index (χ3v) is 1.13. The smallest absolute Gasteiger partial charge is 0.321 e. The summed E-state index contributed by atoms with van der Waals surface area (Å²) in [4.78, 5) is 29.3. The van der Waals surface area contributed by atoms with Crippen molar-refractivity contribution in [2.24, 2.45) is 5.73 Å². The van der Waals surface area contributed by atoms with Gasteiger partial charge in [-0.3, -0.25) is 9.59 Å². The largest absolute Gasteiger partial charge is 0.480 e. The molecule has 0 spiro atoms. The Morgan fingerprint density at radius 2 is 2.00 bits per heavy atom. The second kappa shape index (κ2) is 9.62. The van der Waals surface area contributed by atoms with Crippen LogP contribution in [-0.4, -0.2) is 48.1 Å². The van der Waals surface area contributed by atoms with Crippen LogP contribution >= 0.6 is 0 Å². The van der Waals surface area contributed by atoms with E-state index in [1.807, 2.05) is 0 Å². The van der Waals surface area contributed by atoms with Gasteiger partial charge in [0.2, 0.25) is 5.91 Å². The minimum atomic E-state index is -1.07. The molecule has 0 saturated carbocycles. The van der Waals surface area contributed by atoms with Crippen LogP contribution in [0.4, 0.5) is 0 Å². The number of aldehydes is 1. The molecule has 0 aromatic rings. The first-order valence-corrected chi connectivity index (χ1v) is 3.72. The van der Waals surface area contributed by atoms with E-state index in [1.165, 1.54) is 7.05 Å². The lowest BCUT2D eigenvalue weighted by Gasteiger charge is -2.06. The molecule has 0 heterocycles.